The number of halogens is 4. The van der Waals surface area contributed by atoms with Crippen molar-refractivity contribution < 1.29 is 22.7 Å². The van der Waals surface area contributed by atoms with Crippen molar-refractivity contribution in [1.29, 1.82) is 0 Å². The normalized spacial score (nSPS) is 11.4. The summed E-state index contributed by atoms with van der Waals surface area (Å²) in [6.07, 6.45) is -4.56. The summed E-state index contributed by atoms with van der Waals surface area (Å²) in [5.74, 6) is -0.652. The maximum Gasteiger partial charge on any atom is 0.416 e. The van der Waals surface area contributed by atoms with Crippen LogP contribution in [0.2, 0.25) is 5.02 Å². The first kappa shape index (κ1) is 14.8. The van der Waals surface area contributed by atoms with Gasteiger partial charge in [0.25, 0.3) is 0 Å². The van der Waals surface area contributed by atoms with Crippen molar-refractivity contribution in [2.24, 2.45) is 5.73 Å². The van der Waals surface area contributed by atoms with Crippen molar-refractivity contribution in [2.45, 2.75) is 12.6 Å². The molecule has 0 saturated heterocycles. The lowest BCUT2D eigenvalue weighted by atomic mass is 10.0. The van der Waals surface area contributed by atoms with Gasteiger partial charge in [-0.2, -0.15) is 13.2 Å². The zero-order chi connectivity index (χ0) is 13.9. The number of carbonyl (C=O) groups excluding carboxylic acids is 1. The van der Waals surface area contributed by atoms with Crippen LogP contribution in [0.4, 0.5) is 13.2 Å². The SMILES string of the molecule is COc1cc(C(F)(F)F)cc(Cl)c1C(=O)CCN. The Kier molecular flexibility index (Phi) is 4.59. The van der Waals surface area contributed by atoms with Gasteiger partial charge >= 0.3 is 6.18 Å². The summed E-state index contributed by atoms with van der Waals surface area (Å²) in [7, 11) is 1.17. The first-order chi connectivity index (χ1) is 8.31. The summed E-state index contributed by atoms with van der Waals surface area (Å²) < 4.78 is 42.4. The molecule has 0 fully saturated rings. The van der Waals surface area contributed by atoms with E-state index in [1.807, 2.05) is 0 Å². The molecule has 0 spiro atoms. The van der Waals surface area contributed by atoms with Crippen LogP contribution >= 0.6 is 11.6 Å². The Morgan fingerprint density at radius 2 is 2.06 bits per heavy atom. The van der Waals surface area contributed by atoms with Crippen molar-refractivity contribution in [2.75, 3.05) is 13.7 Å². The van der Waals surface area contributed by atoms with E-state index in [0.29, 0.717) is 6.07 Å². The van der Waals surface area contributed by atoms with Crippen molar-refractivity contribution in [3.8, 4) is 5.75 Å². The van der Waals surface area contributed by atoms with E-state index < -0.39 is 17.5 Å². The number of hydrogen-bond acceptors (Lipinski definition) is 3. The summed E-state index contributed by atoms with van der Waals surface area (Å²) in [4.78, 5) is 11.7. The van der Waals surface area contributed by atoms with Crippen LogP contribution in [0.25, 0.3) is 0 Å². The van der Waals surface area contributed by atoms with Gasteiger partial charge in [-0.15, -0.1) is 0 Å². The monoisotopic (exact) mass is 281 g/mol. The number of hydrogen-bond donors (Lipinski definition) is 1. The van der Waals surface area contributed by atoms with E-state index >= 15 is 0 Å². The minimum atomic E-state index is -4.55. The smallest absolute Gasteiger partial charge is 0.416 e. The van der Waals surface area contributed by atoms with Crippen LogP contribution in [0, 0.1) is 0 Å². The maximum atomic E-state index is 12.5. The number of nitrogens with two attached hydrogens (primary N) is 1. The van der Waals surface area contributed by atoms with E-state index in [4.69, 9.17) is 22.1 Å². The van der Waals surface area contributed by atoms with Gasteiger partial charge in [-0.25, -0.2) is 0 Å². The first-order valence-corrected chi connectivity index (χ1v) is 5.37. The van der Waals surface area contributed by atoms with Gasteiger partial charge in [-0.1, -0.05) is 11.6 Å². The minimum absolute atomic E-state index is 0.0125. The number of Topliss-reactive ketones (excluding diaryl/α,β-unsaturated/α-hetero) is 1. The van der Waals surface area contributed by atoms with Crippen molar-refractivity contribution in [1.82, 2.24) is 0 Å². The largest absolute Gasteiger partial charge is 0.496 e. The fourth-order valence-electron chi connectivity index (χ4n) is 1.43. The second-order valence-electron chi connectivity index (χ2n) is 3.49. The van der Waals surface area contributed by atoms with Gasteiger partial charge in [0, 0.05) is 6.42 Å². The lowest BCUT2D eigenvalue weighted by Crippen LogP contribution is -2.12. The molecule has 1 rings (SSSR count). The molecule has 100 valence electrons. The highest BCUT2D eigenvalue weighted by Gasteiger charge is 2.33. The van der Waals surface area contributed by atoms with Gasteiger partial charge in [0.2, 0.25) is 0 Å². The highest BCUT2D eigenvalue weighted by molar-refractivity contribution is 6.34. The van der Waals surface area contributed by atoms with Crippen molar-refractivity contribution >= 4 is 17.4 Å². The zero-order valence-electron chi connectivity index (χ0n) is 9.47. The Morgan fingerprint density at radius 1 is 1.44 bits per heavy atom. The molecule has 0 saturated carbocycles. The molecule has 0 aliphatic heterocycles. The number of alkyl halides is 3. The fourth-order valence-corrected chi connectivity index (χ4v) is 1.75. The van der Waals surface area contributed by atoms with Crippen molar-refractivity contribution in [3.63, 3.8) is 0 Å². The molecule has 2 N–H and O–H groups in total. The van der Waals surface area contributed by atoms with E-state index in [1.165, 1.54) is 7.11 Å². The molecule has 1 aromatic rings. The molecule has 0 radical (unpaired) electrons. The zero-order valence-corrected chi connectivity index (χ0v) is 10.2. The van der Waals surface area contributed by atoms with E-state index in [1.54, 1.807) is 0 Å². The predicted octanol–water partition coefficient (Wildman–Crippen LogP) is 2.90. The molecule has 1 aromatic carbocycles. The summed E-state index contributed by atoms with van der Waals surface area (Å²) >= 11 is 5.71. The van der Waals surface area contributed by atoms with Crippen LogP contribution in [-0.2, 0) is 6.18 Å². The molecule has 18 heavy (non-hydrogen) atoms. The van der Waals surface area contributed by atoms with E-state index in [9.17, 15) is 18.0 Å². The molecule has 0 heterocycles. The third-order valence-corrected chi connectivity index (χ3v) is 2.55. The fraction of sp³-hybridized carbons (Fsp3) is 0.364. The van der Waals surface area contributed by atoms with Crippen molar-refractivity contribution in [3.05, 3.63) is 28.3 Å². The van der Waals surface area contributed by atoms with E-state index in [0.717, 1.165) is 6.07 Å². The molecule has 3 nitrogen and oxygen atoms in total. The van der Waals surface area contributed by atoms with Gasteiger partial charge in [0.05, 0.1) is 23.3 Å². The molecule has 7 heteroatoms. The van der Waals surface area contributed by atoms with Crippen LogP contribution in [0.15, 0.2) is 12.1 Å². The highest BCUT2D eigenvalue weighted by atomic mass is 35.5. The summed E-state index contributed by atoms with van der Waals surface area (Å²) in [5.41, 5.74) is 4.19. The second kappa shape index (κ2) is 5.58. The van der Waals surface area contributed by atoms with Gasteiger partial charge in [-0.05, 0) is 18.7 Å². The van der Waals surface area contributed by atoms with Crippen LogP contribution in [0.3, 0.4) is 0 Å². The Morgan fingerprint density at radius 3 is 2.50 bits per heavy atom. The standard InChI is InChI=1S/C11H11ClF3NO2/c1-18-9-5-6(11(13,14)15)4-7(12)10(9)8(17)2-3-16/h4-5H,2-3,16H2,1H3. The maximum absolute atomic E-state index is 12.5. The third-order valence-electron chi connectivity index (χ3n) is 2.25. The van der Waals surface area contributed by atoms with Gasteiger partial charge in [0.1, 0.15) is 5.75 Å². The number of methoxy groups -OCH3 is 1. The van der Waals surface area contributed by atoms with Crippen LogP contribution in [-0.4, -0.2) is 19.4 Å². The van der Waals surface area contributed by atoms with Crippen LogP contribution in [0.5, 0.6) is 5.75 Å². The van der Waals surface area contributed by atoms with Gasteiger partial charge in [-0.3, -0.25) is 4.79 Å². The molecular weight excluding hydrogens is 271 g/mol. The number of benzene rings is 1. The summed E-state index contributed by atoms with van der Waals surface area (Å²) in [5, 5.41) is -0.292. The molecule has 0 amide bonds. The van der Waals surface area contributed by atoms with Crippen LogP contribution in [0.1, 0.15) is 22.3 Å². The minimum Gasteiger partial charge on any atom is -0.496 e. The molecule has 0 aliphatic rings. The van der Waals surface area contributed by atoms with Gasteiger partial charge < -0.3 is 10.5 Å². The number of carbonyl (C=O) groups is 1. The highest BCUT2D eigenvalue weighted by Crippen LogP contribution is 2.37. The Hall–Kier alpha value is -1.27. The number of rotatable bonds is 4. The Balaban J connectivity index is 3.33. The lowest BCUT2D eigenvalue weighted by molar-refractivity contribution is -0.137. The predicted molar refractivity (Wildman–Crippen MR) is 61.0 cm³/mol. The molecule has 0 unspecified atom stereocenters. The molecule has 0 bridgehead atoms. The molecule has 0 atom stereocenters. The molecular formula is C11H11ClF3NO2. The molecule has 0 aliphatic carbocycles. The second-order valence-corrected chi connectivity index (χ2v) is 3.90. The first-order valence-electron chi connectivity index (χ1n) is 4.99. The lowest BCUT2D eigenvalue weighted by Gasteiger charge is -2.13. The third kappa shape index (κ3) is 3.14. The van der Waals surface area contributed by atoms with E-state index in [2.05, 4.69) is 0 Å². The molecule has 0 aromatic heterocycles. The summed E-state index contributed by atoms with van der Waals surface area (Å²) in [6, 6.07) is 1.45. The van der Waals surface area contributed by atoms with Crippen LogP contribution < -0.4 is 10.5 Å². The average Bonchev–Trinajstić information content (AvgIpc) is 2.26. The average molecular weight is 282 g/mol. The quantitative estimate of drug-likeness (QED) is 0.864. The Bertz CT molecular complexity index is 460. The number of ether oxygens (including phenoxy) is 1. The Labute approximate surface area is 107 Å². The summed E-state index contributed by atoms with van der Waals surface area (Å²) in [6.45, 7) is 0.0827. The topological polar surface area (TPSA) is 52.3 Å². The van der Waals surface area contributed by atoms with Gasteiger partial charge in [0.15, 0.2) is 5.78 Å². The van der Waals surface area contributed by atoms with E-state index in [-0.39, 0.29) is 29.3 Å². The number of ketones is 1.